The van der Waals surface area contributed by atoms with Gasteiger partial charge in [-0.25, -0.2) is 4.79 Å². The molecule has 0 spiro atoms. The van der Waals surface area contributed by atoms with Crippen molar-refractivity contribution in [1.82, 2.24) is 15.2 Å². The van der Waals surface area contributed by atoms with Crippen LogP contribution in [-0.2, 0) is 11.3 Å². The van der Waals surface area contributed by atoms with Crippen molar-refractivity contribution >= 4 is 23.2 Å². The number of H-pyrrole nitrogens is 1. The van der Waals surface area contributed by atoms with Gasteiger partial charge in [-0.2, -0.15) is 0 Å². The molecule has 0 aliphatic rings. The SMILES string of the molecule is COC(=O)c1cc(C(=O)NCCN(C)Cc2ccc(C)s2)c[nH]1. The second-order valence-corrected chi connectivity index (χ2v) is 6.67. The predicted octanol–water partition coefficient (Wildman–Crippen LogP) is 2.03. The highest BCUT2D eigenvalue weighted by atomic mass is 32.1. The molecule has 0 saturated heterocycles. The molecular weight excluding hydrogens is 314 g/mol. The summed E-state index contributed by atoms with van der Waals surface area (Å²) < 4.78 is 4.59. The van der Waals surface area contributed by atoms with Crippen molar-refractivity contribution in [2.45, 2.75) is 13.5 Å². The number of nitrogens with one attached hydrogen (secondary N) is 2. The highest BCUT2D eigenvalue weighted by molar-refractivity contribution is 7.11. The number of carbonyl (C=O) groups excluding carboxylic acids is 2. The minimum atomic E-state index is -0.491. The normalized spacial score (nSPS) is 10.8. The number of rotatable bonds is 7. The van der Waals surface area contributed by atoms with E-state index in [1.165, 1.54) is 29.1 Å². The summed E-state index contributed by atoms with van der Waals surface area (Å²) in [6, 6.07) is 5.73. The lowest BCUT2D eigenvalue weighted by Gasteiger charge is -2.15. The fourth-order valence-electron chi connectivity index (χ4n) is 2.13. The molecule has 6 nitrogen and oxygen atoms in total. The molecule has 0 radical (unpaired) electrons. The van der Waals surface area contributed by atoms with Crippen molar-refractivity contribution in [3.05, 3.63) is 45.4 Å². The van der Waals surface area contributed by atoms with Crippen LogP contribution in [0.25, 0.3) is 0 Å². The molecule has 0 unspecified atom stereocenters. The van der Waals surface area contributed by atoms with Crippen molar-refractivity contribution in [3.8, 4) is 0 Å². The maximum atomic E-state index is 12.0. The number of aromatic amines is 1. The first-order valence-electron chi connectivity index (χ1n) is 7.28. The quantitative estimate of drug-likeness (QED) is 0.759. The van der Waals surface area contributed by atoms with Gasteiger partial charge >= 0.3 is 5.97 Å². The number of aromatic nitrogens is 1. The van der Waals surface area contributed by atoms with Gasteiger partial charge < -0.3 is 15.0 Å². The van der Waals surface area contributed by atoms with Crippen molar-refractivity contribution in [3.63, 3.8) is 0 Å². The Labute approximate surface area is 139 Å². The first-order chi connectivity index (χ1) is 11.0. The van der Waals surface area contributed by atoms with Crippen LogP contribution in [0.1, 0.15) is 30.6 Å². The molecule has 2 aromatic rings. The molecular formula is C16H21N3O3S. The minimum Gasteiger partial charge on any atom is -0.464 e. The number of esters is 1. The Kier molecular flexibility index (Phi) is 5.95. The van der Waals surface area contributed by atoms with Gasteiger partial charge in [0.2, 0.25) is 0 Å². The lowest BCUT2D eigenvalue weighted by Crippen LogP contribution is -2.32. The zero-order valence-corrected chi connectivity index (χ0v) is 14.3. The summed E-state index contributed by atoms with van der Waals surface area (Å²) >= 11 is 1.78. The predicted molar refractivity (Wildman–Crippen MR) is 89.9 cm³/mol. The summed E-state index contributed by atoms with van der Waals surface area (Å²) in [4.78, 5) is 30.8. The second-order valence-electron chi connectivity index (χ2n) is 5.30. The highest BCUT2D eigenvalue weighted by Gasteiger charge is 2.13. The molecule has 124 valence electrons. The number of likely N-dealkylation sites (N-methyl/N-ethyl adjacent to an activating group) is 1. The van der Waals surface area contributed by atoms with Crippen LogP contribution in [0.5, 0.6) is 0 Å². The standard InChI is InChI=1S/C16H21N3O3S/c1-11-4-5-13(23-11)10-19(2)7-6-17-15(20)12-8-14(18-9-12)16(21)22-3/h4-5,8-9,18H,6-7,10H2,1-3H3,(H,17,20). The number of hydrogen-bond acceptors (Lipinski definition) is 5. The number of hydrogen-bond donors (Lipinski definition) is 2. The summed E-state index contributed by atoms with van der Waals surface area (Å²) in [6.45, 7) is 4.24. The topological polar surface area (TPSA) is 74.4 Å². The fourth-order valence-corrected chi connectivity index (χ4v) is 3.10. The maximum absolute atomic E-state index is 12.0. The third kappa shape index (κ3) is 4.94. The van der Waals surface area contributed by atoms with Crippen molar-refractivity contribution in [1.29, 1.82) is 0 Å². The number of ether oxygens (including phenoxy) is 1. The summed E-state index contributed by atoms with van der Waals surface area (Å²) in [7, 11) is 3.32. The number of nitrogens with zero attached hydrogens (tertiary/aromatic N) is 1. The summed E-state index contributed by atoms with van der Waals surface area (Å²) in [5, 5.41) is 2.84. The highest BCUT2D eigenvalue weighted by Crippen LogP contribution is 2.16. The first kappa shape index (κ1) is 17.2. The van der Waals surface area contributed by atoms with Gasteiger partial charge in [0.15, 0.2) is 0 Å². The Bertz CT molecular complexity index is 678. The van der Waals surface area contributed by atoms with Gasteiger partial charge in [0, 0.05) is 35.6 Å². The molecule has 0 aromatic carbocycles. The summed E-state index contributed by atoms with van der Waals surface area (Å²) in [6.07, 6.45) is 1.50. The van der Waals surface area contributed by atoms with E-state index in [0.29, 0.717) is 12.1 Å². The smallest absolute Gasteiger partial charge is 0.354 e. The van der Waals surface area contributed by atoms with E-state index in [4.69, 9.17) is 0 Å². The molecule has 0 fully saturated rings. The molecule has 7 heteroatoms. The molecule has 0 aliphatic carbocycles. The number of thiophene rings is 1. The first-order valence-corrected chi connectivity index (χ1v) is 8.10. The van der Waals surface area contributed by atoms with Crippen molar-refractivity contribution < 1.29 is 14.3 Å². The fraction of sp³-hybridized carbons (Fsp3) is 0.375. The molecule has 0 saturated carbocycles. The van der Waals surface area contributed by atoms with Gasteiger partial charge in [0.05, 0.1) is 12.7 Å². The lowest BCUT2D eigenvalue weighted by molar-refractivity contribution is 0.0595. The van der Waals surface area contributed by atoms with Crippen LogP contribution >= 0.6 is 11.3 Å². The zero-order chi connectivity index (χ0) is 16.8. The van der Waals surface area contributed by atoms with Crippen LogP contribution in [0.4, 0.5) is 0 Å². The van der Waals surface area contributed by atoms with Crippen LogP contribution in [0.15, 0.2) is 24.4 Å². The van der Waals surface area contributed by atoms with E-state index in [2.05, 4.69) is 39.0 Å². The van der Waals surface area contributed by atoms with Gasteiger partial charge in [-0.05, 0) is 32.2 Å². The molecule has 23 heavy (non-hydrogen) atoms. The van der Waals surface area contributed by atoms with Gasteiger partial charge in [-0.3, -0.25) is 9.69 Å². The van der Waals surface area contributed by atoms with E-state index >= 15 is 0 Å². The van der Waals surface area contributed by atoms with Crippen LogP contribution in [0.2, 0.25) is 0 Å². The minimum absolute atomic E-state index is 0.211. The maximum Gasteiger partial charge on any atom is 0.354 e. The third-order valence-electron chi connectivity index (χ3n) is 3.35. The average Bonchev–Trinajstić information content (AvgIpc) is 3.15. The largest absolute Gasteiger partial charge is 0.464 e. The number of carbonyl (C=O) groups is 2. The van der Waals surface area contributed by atoms with Crippen LogP contribution < -0.4 is 5.32 Å². The number of aryl methyl sites for hydroxylation is 1. The molecule has 2 heterocycles. The van der Waals surface area contributed by atoms with Crippen molar-refractivity contribution in [2.24, 2.45) is 0 Å². The molecule has 0 aliphatic heterocycles. The van der Waals surface area contributed by atoms with E-state index in [1.54, 1.807) is 11.3 Å². The van der Waals surface area contributed by atoms with E-state index in [1.807, 2.05) is 7.05 Å². The number of methoxy groups -OCH3 is 1. The Hall–Kier alpha value is -2.12. The average molecular weight is 335 g/mol. The zero-order valence-electron chi connectivity index (χ0n) is 13.5. The Balaban J connectivity index is 1.76. The van der Waals surface area contributed by atoms with Gasteiger partial charge in [0.1, 0.15) is 5.69 Å². The van der Waals surface area contributed by atoms with E-state index in [9.17, 15) is 9.59 Å². The Morgan fingerprint density at radius 3 is 2.83 bits per heavy atom. The van der Waals surface area contributed by atoms with Gasteiger partial charge in [-0.1, -0.05) is 0 Å². The van der Waals surface area contributed by atoms with E-state index in [-0.39, 0.29) is 11.6 Å². The third-order valence-corrected chi connectivity index (χ3v) is 4.34. The number of amides is 1. The second kappa shape index (κ2) is 7.94. The molecule has 1 amide bonds. The molecule has 0 atom stereocenters. The van der Waals surface area contributed by atoms with E-state index < -0.39 is 5.97 Å². The van der Waals surface area contributed by atoms with Crippen LogP contribution in [0.3, 0.4) is 0 Å². The molecule has 2 aromatic heterocycles. The molecule has 2 rings (SSSR count). The molecule has 0 bridgehead atoms. The lowest BCUT2D eigenvalue weighted by atomic mass is 10.3. The van der Waals surface area contributed by atoms with Gasteiger partial charge in [0.25, 0.3) is 5.91 Å². The summed E-state index contributed by atoms with van der Waals surface area (Å²) in [5.74, 6) is -0.702. The van der Waals surface area contributed by atoms with Gasteiger partial charge in [-0.15, -0.1) is 11.3 Å². The summed E-state index contributed by atoms with van der Waals surface area (Å²) in [5.41, 5.74) is 0.685. The Morgan fingerprint density at radius 2 is 2.17 bits per heavy atom. The molecule has 2 N–H and O–H groups in total. The Morgan fingerprint density at radius 1 is 1.39 bits per heavy atom. The van der Waals surface area contributed by atoms with Crippen LogP contribution in [0, 0.1) is 6.92 Å². The van der Waals surface area contributed by atoms with Crippen molar-refractivity contribution in [2.75, 3.05) is 27.2 Å². The monoisotopic (exact) mass is 335 g/mol. The van der Waals surface area contributed by atoms with E-state index in [0.717, 1.165) is 13.1 Å². The van der Waals surface area contributed by atoms with Crippen LogP contribution in [-0.4, -0.2) is 49.0 Å².